The summed E-state index contributed by atoms with van der Waals surface area (Å²) < 4.78 is 0. The highest BCUT2D eigenvalue weighted by molar-refractivity contribution is 5.91. The SMILES string of the molecule is CC(=O)N1C[C@H](O)C[C@H]1C(=O)N[C@H](C)C(N)=O. The molecule has 1 fully saturated rings. The Bertz CT molecular complexity index is 344. The van der Waals surface area contributed by atoms with E-state index in [9.17, 15) is 19.5 Å². The van der Waals surface area contributed by atoms with E-state index in [-0.39, 0.29) is 18.9 Å². The van der Waals surface area contributed by atoms with Gasteiger partial charge in [0, 0.05) is 19.9 Å². The molecule has 0 aromatic heterocycles. The van der Waals surface area contributed by atoms with Crippen LogP contribution in [0.25, 0.3) is 0 Å². The minimum atomic E-state index is -0.797. The lowest BCUT2D eigenvalue weighted by molar-refractivity contribution is -0.137. The van der Waals surface area contributed by atoms with E-state index >= 15 is 0 Å². The smallest absolute Gasteiger partial charge is 0.243 e. The molecule has 0 aromatic rings. The summed E-state index contributed by atoms with van der Waals surface area (Å²) in [5.74, 6) is -1.40. The number of hydrogen-bond donors (Lipinski definition) is 3. The molecule has 0 radical (unpaired) electrons. The van der Waals surface area contributed by atoms with E-state index in [0.717, 1.165) is 0 Å². The Morgan fingerprint density at radius 3 is 2.53 bits per heavy atom. The quantitative estimate of drug-likeness (QED) is 0.530. The van der Waals surface area contributed by atoms with E-state index in [1.165, 1.54) is 18.7 Å². The van der Waals surface area contributed by atoms with Crippen LogP contribution < -0.4 is 11.1 Å². The van der Waals surface area contributed by atoms with Crippen LogP contribution >= 0.6 is 0 Å². The van der Waals surface area contributed by atoms with Crippen molar-refractivity contribution in [1.82, 2.24) is 10.2 Å². The number of hydrogen-bond acceptors (Lipinski definition) is 4. The fourth-order valence-corrected chi connectivity index (χ4v) is 1.79. The van der Waals surface area contributed by atoms with Crippen molar-refractivity contribution in [3.8, 4) is 0 Å². The molecule has 7 heteroatoms. The molecule has 1 aliphatic heterocycles. The molecule has 1 rings (SSSR count). The zero-order chi connectivity index (χ0) is 13.2. The van der Waals surface area contributed by atoms with Crippen LogP contribution in [0, 0.1) is 0 Å². The molecule has 7 nitrogen and oxygen atoms in total. The molecular weight excluding hydrogens is 226 g/mol. The van der Waals surface area contributed by atoms with Gasteiger partial charge in [0.1, 0.15) is 12.1 Å². The lowest BCUT2D eigenvalue weighted by atomic mass is 10.1. The molecule has 0 aliphatic carbocycles. The van der Waals surface area contributed by atoms with Crippen molar-refractivity contribution >= 4 is 17.7 Å². The minimum absolute atomic E-state index is 0.137. The van der Waals surface area contributed by atoms with Crippen molar-refractivity contribution in [3.05, 3.63) is 0 Å². The highest BCUT2D eigenvalue weighted by Crippen LogP contribution is 2.18. The van der Waals surface area contributed by atoms with Gasteiger partial charge < -0.3 is 21.1 Å². The van der Waals surface area contributed by atoms with Gasteiger partial charge in [-0.05, 0) is 6.92 Å². The summed E-state index contributed by atoms with van der Waals surface area (Å²) in [4.78, 5) is 35.2. The summed E-state index contributed by atoms with van der Waals surface area (Å²) in [7, 11) is 0. The molecule has 1 saturated heterocycles. The highest BCUT2D eigenvalue weighted by atomic mass is 16.3. The largest absolute Gasteiger partial charge is 0.391 e. The van der Waals surface area contributed by atoms with Crippen LogP contribution in [0.3, 0.4) is 0 Å². The normalized spacial score (nSPS) is 25.5. The molecule has 3 atom stereocenters. The molecule has 1 aliphatic rings. The number of rotatable bonds is 3. The number of primary amides is 1. The van der Waals surface area contributed by atoms with Crippen LogP contribution in [0.1, 0.15) is 20.3 Å². The van der Waals surface area contributed by atoms with Crippen molar-refractivity contribution in [1.29, 1.82) is 0 Å². The fraction of sp³-hybridized carbons (Fsp3) is 0.700. The van der Waals surface area contributed by atoms with Crippen molar-refractivity contribution < 1.29 is 19.5 Å². The third-order valence-electron chi connectivity index (χ3n) is 2.77. The molecule has 0 unspecified atom stereocenters. The molecular formula is C10H17N3O4. The van der Waals surface area contributed by atoms with Gasteiger partial charge in [-0.3, -0.25) is 14.4 Å². The molecule has 0 saturated carbocycles. The molecule has 17 heavy (non-hydrogen) atoms. The molecule has 0 bridgehead atoms. The third-order valence-corrected chi connectivity index (χ3v) is 2.77. The fourth-order valence-electron chi connectivity index (χ4n) is 1.79. The molecule has 0 aromatic carbocycles. The van der Waals surface area contributed by atoms with E-state index < -0.39 is 30.0 Å². The topological polar surface area (TPSA) is 113 Å². The standard InChI is InChI=1S/C10H17N3O4/c1-5(9(11)16)12-10(17)8-3-7(15)4-13(8)6(2)14/h5,7-8,15H,3-4H2,1-2H3,(H2,11,16)(H,12,17)/t5-,7-,8+/m1/s1. The first-order valence-corrected chi connectivity index (χ1v) is 5.38. The van der Waals surface area contributed by atoms with Crippen molar-refractivity contribution in [2.75, 3.05) is 6.54 Å². The Morgan fingerprint density at radius 1 is 1.47 bits per heavy atom. The van der Waals surface area contributed by atoms with E-state index in [1.54, 1.807) is 0 Å². The molecule has 0 spiro atoms. The van der Waals surface area contributed by atoms with Crippen LogP contribution in [0.2, 0.25) is 0 Å². The van der Waals surface area contributed by atoms with Gasteiger partial charge in [0.05, 0.1) is 6.10 Å². The maximum atomic E-state index is 11.8. The predicted octanol–water partition coefficient (Wildman–Crippen LogP) is -2.04. The minimum Gasteiger partial charge on any atom is -0.391 e. The van der Waals surface area contributed by atoms with Crippen molar-refractivity contribution in [2.45, 2.75) is 38.5 Å². The first kappa shape index (κ1) is 13.4. The first-order valence-electron chi connectivity index (χ1n) is 5.38. The Morgan fingerprint density at radius 2 is 2.06 bits per heavy atom. The van der Waals surface area contributed by atoms with Crippen LogP contribution in [0.15, 0.2) is 0 Å². The van der Waals surface area contributed by atoms with Crippen LogP contribution in [-0.4, -0.2) is 52.5 Å². The predicted molar refractivity (Wildman–Crippen MR) is 58.6 cm³/mol. The number of carbonyl (C=O) groups is 3. The number of nitrogens with zero attached hydrogens (tertiary/aromatic N) is 1. The second-order valence-electron chi connectivity index (χ2n) is 4.21. The summed E-state index contributed by atoms with van der Waals surface area (Å²) in [5.41, 5.74) is 5.02. The number of amides is 3. The van der Waals surface area contributed by atoms with Gasteiger partial charge in [0.25, 0.3) is 0 Å². The van der Waals surface area contributed by atoms with Gasteiger partial charge >= 0.3 is 0 Å². The average Bonchev–Trinajstić information content (AvgIpc) is 2.60. The Balaban J connectivity index is 2.67. The zero-order valence-electron chi connectivity index (χ0n) is 9.84. The number of aliphatic hydroxyl groups is 1. The number of carbonyl (C=O) groups excluding carboxylic acids is 3. The first-order chi connectivity index (χ1) is 7.82. The number of nitrogens with two attached hydrogens (primary N) is 1. The zero-order valence-corrected chi connectivity index (χ0v) is 9.84. The van der Waals surface area contributed by atoms with Crippen molar-refractivity contribution in [2.24, 2.45) is 5.73 Å². The van der Waals surface area contributed by atoms with E-state index in [2.05, 4.69) is 5.32 Å². The van der Waals surface area contributed by atoms with Gasteiger partial charge in [-0.15, -0.1) is 0 Å². The summed E-state index contributed by atoms with van der Waals surface area (Å²) in [6.07, 6.45) is -0.532. The average molecular weight is 243 g/mol. The number of nitrogens with one attached hydrogen (secondary N) is 1. The summed E-state index contributed by atoms with van der Waals surface area (Å²) in [6, 6.07) is -1.53. The highest BCUT2D eigenvalue weighted by Gasteiger charge is 2.37. The second-order valence-corrected chi connectivity index (χ2v) is 4.21. The van der Waals surface area contributed by atoms with Gasteiger partial charge in [-0.25, -0.2) is 0 Å². The number of likely N-dealkylation sites (tertiary alicyclic amines) is 1. The van der Waals surface area contributed by atoms with Gasteiger partial charge in [0.15, 0.2) is 0 Å². The van der Waals surface area contributed by atoms with Gasteiger partial charge in [0.2, 0.25) is 17.7 Å². The van der Waals surface area contributed by atoms with E-state index in [0.29, 0.717) is 0 Å². The Kier molecular flexibility index (Phi) is 4.06. The second kappa shape index (κ2) is 5.13. The van der Waals surface area contributed by atoms with E-state index in [1.807, 2.05) is 0 Å². The summed E-state index contributed by atoms with van der Waals surface area (Å²) in [6.45, 7) is 2.93. The Labute approximate surface area is 98.9 Å². The van der Waals surface area contributed by atoms with E-state index in [4.69, 9.17) is 5.73 Å². The molecule has 4 N–H and O–H groups in total. The van der Waals surface area contributed by atoms with Gasteiger partial charge in [-0.2, -0.15) is 0 Å². The summed E-state index contributed by atoms with van der Waals surface area (Å²) >= 11 is 0. The maximum absolute atomic E-state index is 11.8. The Hall–Kier alpha value is -1.63. The van der Waals surface area contributed by atoms with Crippen LogP contribution in [-0.2, 0) is 14.4 Å². The lowest BCUT2D eigenvalue weighted by Crippen LogP contribution is -2.50. The summed E-state index contributed by atoms with van der Waals surface area (Å²) in [5, 5.41) is 11.9. The molecule has 96 valence electrons. The lowest BCUT2D eigenvalue weighted by Gasteiger charge is -2.23. The van der Waals surface area contributed by atoms with Crippen LogP contribution in [0.5, 0.6) is 0 Å². The third kappa shape index (κ3) is 3.16. The molecule has 3 amide bonds. The number of β-amino-alcohol motifs (C(OH)–C–C–N with tert-alkyl or cyclic N) is 1. The molecule has 1 heterocycles. The van der Waals surface area contributed by atoms with Crippen LogP contribution in [0.4, 0.5) is 0 Å². The maximum Gasteiger partial charge on any atom is 0.243 e. The number of aliphatic hydroxyl groups excluding tert-OH is 1. The monoisotopic (exact) mass is 243 g/mol. The van der Waals surface area contributed by atoms with Crippen molar-refractivity contribution in [3.63, 3.8) is 0 Å². The van der Waals surface area contributed by atoms with Gasteiger partial charge in [-0.1, -0.05) is 0 Å².